The summed E-state index contributed by atoms with van der Waals surface area (Å²) >= 11 is 2.06. The first kappa shape index (κ1) is 14.0. The van der Waals surface area contributed by atoms with Crippen molar-refractivity contribution >= 4 is 22.7 Å². The normalized spacial score (nSPS) is 18.5. The van der Waals surface area contributed by atoms with Crippen LogP contribution >= 0.6 is 11.8 Å². The topological polar surface area (TPSA) is 51.2 Å². The first-order chi connectivity index (χ1) is 9.76. The zero-order valence-corrected chi connectivity index (χ0v) is 12.7. The van der Waals surface area contributed by atoms with Crippen LogP contribution in [0.2, 0.25) is 0 Å². The van der Waals surface area contributed by atoms with Gasteiger partial charge in [0.05, 0.1) is 6.04 Å². The molecule has 2 heterocycles. The van der Waals surface area contributed by atoms with E-state index in [1.165, 1.54) is 35.3 Å². The summed E-state index contributed by atoms with van der Waals surface area (Å²) in [6.07, 6.45) is 3.65. The number of rotatable bonds is 4. The molecule has 108 valence electrons. The van der Waals surface area contributed by atoms with Gasteiger partial charge in [-0.05, 0) is 61.8 Å². The number of furan rings is 1. The molecule has 1 fully saturated rings. The van der Waals surface area contributed by atoms with Crippen LogP contribution in [-0.4, -0.2) is 11.5 Å². The van der Waals surface area contributed by atoms with Gasteiger partial charge in [0.25, 0.3) is 0 Å². The van der Waals surface area contributed by atoms with E-state index in [1.807, 2.05) is 6.07 Å². The highest BCUT2D eigenvalue weighted by molar-refractivity contribution is 7.99. The van der Waals surface area contributed by atoms with Gasteiger partial charge in [-0.25, -0.2) is 5.43 Å². The van der Waals surface area contributed by atoms with Crippen molar-refractivity contribution in [1.29, 1.82) is 0 Å². The Labute approximate surface area is 124 Å². The second-order valence-electron chi connectivity index (χ2n) is 5.70. The molecule has 0 radical (unpaired) electrons. The Kier molecular flexibility index (Phi) is 4.34. The molecule has 1 aromatic carbocycles. The first-order valence-electron chi connectivity index (χ1n) is 7.30. The number of aryl methyl sites for hydroxylation is 1. The minimum atomic E-state index is 0.121. The number of nitrogens with one attached hydrogen (secondary N) is 1. The second kappa shape index (κ2) is 6.20. The fourth-order valence-corrected chi connectivity index (χ4v) is 4.14. The molecular weight excluding hydrogens is 268 g/mol. The lowest BCUT2D eigenvalue weighted by Gasteiger charge is -2.24. The zero-order chi connectivity index (χ0) is 13.9. The van der Waals surface area contributed by atoms with E-state index >= 15 is 0 Å². The van der Waals surface area contributed by atoms with Crippen LogP contribution in [0.25, 0.3) is 11.0 Å². The number of benzene rings is 1. The highest BCUT2D eigenvalue weighted by atomic mass is 32.2. The fraction of sp³-hybridized carbons (Fsp3) is 0.500. The number of nitrogens with two attached hydrogens (primary N) is 1. The lowest BCUT2D eigenvalue weighted by Crippen LogP contribution is -2.30. The Morgan fingerprint density at radius 2 is 2.15 bits per heavy atom. The van der Waals surface area contributed by atoms with Crippen molar-refractivity contribution in [3.8, 4) is 0 Å². The minimum Gasteiger partial charge on any atom is -0.459 e. The Morgan fingerprint density at radius 3 is 2.90 bits per heavy atom. The number of thioether (sulfide) groups is 1. The minimum absolute atomic E-state index is 0.121. The van der Waals surface area contributed by atoms with Crippen LogP contribution in [0.1, 0.15) is 36.6 Å². The SMILES string of the molecule is Cc1ccc2oc(C(CC3CCSCC3)NN)cc2c1. The third-order valence-corrected chi connectivity index (χ3v) is 5.19. The third-order valence-electron chi connectivity index (χ3n) is 4.15. The van der Waals surface area contributed by atoms with Crippen LogP contribution in [0.4, 0.5) is 0 Å². The molecule has 0 amide bonds. The van der Waals surface area contributed by atoms with Crippen molar-refractivity contribution < 1.29 is 4.42 Å². The Balaban J connectivity index is 1.79. The molecule has 1 aliphatic heterocycles. The van der Waals surface area contributed by atoms with E-state index in [9.17, 15) is 0 Å². The molecule has 4 heteroatoms. The van der Waals surface area contributed by atoms with Gasteiger partial charge in [-0.1, -0.05) is 11.6 Å². The Bertz CT molecular complexity index is 575. The van der Waals surface area contributed by atoms with Gasteiger partial charge in [0, 0.05) is 5.39 Å². The van der Waals surface area contributed by atoms with E-state index in [1.54, 1.807) is 0 Å². The van der Waals surface area contributed by atoms with Crippen LogP contribution in [0.3, 0.4) is 0 Å². The number of hydrogen-bond donors (Lipinski definition) is 2. The number of hydrazine groups is 1. The van der Waals surface area contributed by atoms with E-state index in [4.69, 9.17) is 10.3 Å². The highest BCUT2D eigenvalue weighted by Gasteiger charge is 2.22. The van der Waals surface area contributed by atoms with Crippen LogP contribution < -0.4 is 11.3 Å². The summed E-state index contributed by atoms with van der Waals surface area (Å²) in [4.78, 5) is 0. The summed E-state index contributed by atoms with van der Waals surface area (Å²) in [5.41, 5.74) is 5.15. The zero-order valence-electron chi connectivity index (χ0n) is 11.9. The molecule has 0 saturated carbocycles. The molecule has 1 aromatic heterocycles. The molecule has 0 aliphatic carbocycles. The molecule has 3 N–H and O–H groups in total. The molecule has 1 aliphatic rings. The van der Waals surface area contributed by atoms with E-state index < -0.39 is 0 Å². The molecule has 0 spiro atoms. The van der Waals surface area contributed by atoms with Crippen molar-refractivity contribution in [2.75, 3.05) is 11.5 Å². The van der Waals surface area contributed by atoms with Gasteiger partial charge in [0.15, 0.2) is 0 Å². The largest absolute Gasteiger partial charge is 0.459 e. The van der Waals surface area contributed by atoms with E-state index in [2.05, 4.69) is 42.3 Å². The maximum atomic E-state index is 5.97. The third kappa shape index (κ3) is 3.03. The fourth-order valence-electron chi connectivity index (χ4n) is 2.94. The first-order valence-corrected chi connectivity index (χ1v) is 8.45. The van der Waals surface area contributed by atoms with Gasteiger partial charge in [-0.3, -0.25) is 5.84 Å². The van der Waals surface area contributed by atoms with Crippen LogP contribution in [0.5, 0.6) is 0 Å². The van der Waals surface area contributed by atoms with Gasteiger partial charge >= 0.3 is 0 Å². The van der Waals surface area contributed by atoms with E-state index in [0.717, 1.165) is 23.7 Å². The molecule has 1 atom stereocenters. The lowest BCUT2D eigenvalue weighted by molar-refractivity contribution is 0.337. The Morgan fingerprint density at radius 1 is 1.35 bits per heavy atom. The maximum Gasteiger partial charge on any atom is 0.134 e. The molecule has 2 aromatic rings. The predicted octanol–water partition coefficient (Wildman–Crippen LogP) is 3.78. The standard InChI is InChI=1S/C16H22N2OS/c1-11-2-3-15-13(8-11)10-16(19-15)14(18-17)9-12-4-6-20-7-5-12/h2-3,8,10,12,14,18H,4-7,9,17H2,1H3. The number of fused-ring (bicyclic) bond motifs is 1. The quantitative estimate of drug-likeness (QED) is 0.664. The maximum absolute atomic E-state index is 5.97. The monoisotopic (exact) mass is 290 g/mol. The van der Waals surface area contributed by atoms with Crippen LogP contribution in [0, 0.1) is 12.8 Å². The summed E-state index contributed by atoms with van der Waals surface area (Å²) in [5.74, 6) is 10.0. The van der Waals surface area contributed by atoms with Gasteiger partial charge in [0.1, 0.15) is 11.3 Å². The number of hydrogen-bond acceptors (Lipinski definition) is 4. The van der Waals surface area contributed by atoms with Gasteiger partial charge in [0.2, 0.25) is 0 Å². The summed E-state index contributed by atoms with van der Waals surface area (Å²) in [6, 6.07) is 8.53. The van der Waals surface area contributed by atoms with Crippen molar-refractivity contribution in [2.24, 2.45) is 11.8 Å². The van der Waals surface area contributed by atoms with Crippen molar-refractivity contribution in [1.82, 2.24) is 5.43 Å². The molecular formula is C16H22N2OS. The van der Waals surface area contributed by atoms with Gasteiger partial charge in [-0.15, -0.1) is 0 Å². The Hall–Kier alpha value is -0.970. The summed E-state index contributed by atoms with van der Waals surface area (Å²) < 4.78 is 5.97. The van der Waals surface area contributed by atoms with Crippen molar-refractivity contribution in [3.05, 3.63) is 35.6 Å². The molecule has 0 bridgehead atoms. The molecule has 3 nitrogen and oxygen atoms in total. The van der Waals surface area contributed by atoms with Crippen LogP contribution in [-0.2, 0) is 0 Å². The predicted molar refractivity (Wildman–Crippen MR) is 85.7 cm³/mol. The van der Waals surface area contributed by atoms with Gasteiger partial charge < -0.3 is 4.42 Å². The van der Waals surface area contributed by atoms with Gasteiger partial charge in [-0.2, -0.15) is 11.8 Å². The van der Waals surface area contributed by atoms with E-state index in [-0.39, 0.29) is 6.04 Å². The molecule has 1 saturated heterocycles. The molecule has 20 heavy (non-hydrogen) atoms. The average molecular weight is 290 g/mol. The highest BCUT2D eigenvalue weighted by Crippen LogP contribution is 2.33. The lowest BCUT2D eigenvalue weighted by atomic mass is 9.93. The smallest absolute Gasteiger partial charge is 0.134 e. The summed E-state index contributed by atoms with van der Waals surface area (Å²) in [6.45, 7) is 2.10. The summed E-state index contributed by atoms with van der Waals surface area (Å²) in [5, 5.41) is 1.17. The second-order valence-corrected chi connectivity index (χ2v) is 6.93. The van der Waals surface area contributed by atoms with Crippen molar-refractivity contribution in [2.45, 2.75) is 32.2 Å². The van der Waals surface area contributed by atoms with E-state index in [0.29, 0.717) is 0 Å². The summed E-state index contributed by atoms with van der Waals surface area (Å²) in [7, 11) is 0. The molecule has 1 unspecified atom stereocenters. The molecule has 3 rings (SSSR count). The van der Waals surface area contributed by atoms with Crippen molar-refractivity contribution in [3.63, 3.8) is 0 Å². The van der Waals surface area contributed by atoms with Crippen LogP contribution in [0.15, 0.2) is 28.7 Å². The average Bonchev–Trinajstić information content (AvgIpc) is 2.88.